The van der Waals surface area contributed by atoms with Gasteiger partial charge in [-0.1, -0.05) is 39.7 Å². The molecule has 1 amide bonds. The van der Waals surface area contributed by atoms with Gasteiger partial charge in [0.1, 0.15) is 6.17 Å². The van der Waals surface area contributed by atoms with E-state index in [9.17, 15) is 4.79 Å². The molecule has 2 heterocycles. The maximum atomic E-state index is 12.9. The van der Waals surface area contributed by atoms with Crippen molar-refractivity contribution in [3.8, 4) is 0 Å². The molecule has 1 aliphatic heterocycles. The SMILES string of the molecule is CCC1NC(c2cccs2)N(C2CCCC(C)C2C)C1=O. The Hall–Kier alpha value is -0.870. The van der Waals surface area contributed by atoms with Crippen LogP contribution in [0.4, 0.5) is 0 Å². The van der Waals surface area contributed by atoms with Gasteiger partial charge in [0.25, 0.3) is 0 Å². The molecule has 0 bridgehead atoms. The van der Waals surface area contributed by atoms with Crippen molar-refractivity contribution in [3.63, 3.8) is 0 Å². The highest BCUT2D eigenvalue weighted by Crippen LogP contribution is 2.39. The van der Waals surface area contributed by atoms with Crippen molar-refractivity contribution >= 4 is 17.2 Å². The molecule has 5 atom stereocenters. The topological polar surface area (TPSA) is 32.3 Å². The molecule has 1 N–H and O–H groups in total. The van der Waals surface area contributed by atoms with Gasteiger partial charge in [-0.3, -0.25) is 10.1 Å². The van der Waals surface area contributed by atoms with Crippen molar-refractivity contribution in [2.75, 3.05) is 0 Å². The Balaban J connectivity index is 1.90. The predicted molar refractivity (Wildman–Crippen MR) is 87.1 cm³/mol. The van der Waals surface area contributed by atoms with Crippen LogP contribution < -0.4 is 5.32 Å². The molecule has 0 radical (unpaired) electrons. The van der Waals surface area contributed by atoms with Crippen LogP contribution in [0.15, 0.2) is 17.5 Å². The Bertz CT molecular complexity index is 487. The van der Waals surface area contributed by atoms with E-state index in [1.54, 1.807) is 11.3 Å². The molecule has 5 unspecified atom stereocenters. The average molecular weight is 306 g/mol. The minimum Gasteiger partial charge on any atom is -0.317 e. The van der Waals surface area contributed by atoms with E-state index in [2.05, 4.69) is 48.5 Å². The molecule has 0 spiro atoms. The van der Waals surface area contributed by atoms with Crippen molar-refractivity contribution in [2.45, 2.75) is 64.7 Å². The van der Waals surface area contributed by atoms with Crippen LogP contribution in [0.2, 0.25) is 0 Å². The van der Waals surface area contributed by atoms with Crippen LogP contribution in [0, 0.1) is 11.8 Å². The van der Waals surface area contributed by atoms with E-state index in [0.29, 0.717) is 23.8 Å². The molecular formula is C17H26N2OS. The Morgan fingerprint density at radius 1 is 1.38 bits per heavy atom. The molecule has 1 aromatic rings. The second-order valence-electron chi connectivity index (χ2n) is 6.63. The zero-order valence-corrected chi connectivity index (χ0v) is 14.0. The third kappa shape index (κ3) is 2.64. The van der Waals surface area contributed by atoms with Gasteiger partial charge in [-0.05, 0) is 36.1 Å². The van der Waals surface area contributed by atoms with Crippen LogP contribution in [0.3, 0.4) is 0 Å². The smallest absolute Gasteiger partial charge is 0.241 e. The van der Waals surface area contributed by atoms with E-state index in [4.69, 9.17) is 0 Å². The maximum absolute atomic E-state index is 12.9. The molecule has 116 valence electrons. The summed E-state index contributed by atoms with van der Waals surface area (Å²) < 4.78 is 0. The van der Waals surface area contributed by atoms with E-state index in [0.717, 1.165) is 12.8 Å². The van der Waals surface area contributed by atoms with Gasteiger partial charge in [0.05, 0.1) is 6.04 Å². The minimum atomic E-state index is -0.0125. The predicted octanol–water partition coefficient (Wildman–Crippen LogP) is 3.78. The fourth-order valence-electron chi connectivity index (χ4n) is 3.91. The number of nitrogens with zero attached hydrogens (tertiary/aromatic N) is 1. The molecular weight excluding hydrogens is 280 g/mol. The summed E-state index contributed by atoms with van der Waals surface area (Å²) in [4.78, 5) is 16.3. The zero-order chi connectivity index (χ0) is 15.0. The second-order valence-corrected chi connectivity index (χ2v) is 7.60. The monoisotopic (exact) mass is 306 g/mol. The molecule has 1 saturated carbocycles. The number of nitrogens with one attached hydrogen (secondary N) is 1. The molecule has 1 aliphatic carbocycles. The molecule has 2 fully saturated rings. The number of hydrogen-bond donors (Lipinski definition) is 1. The summed E-state index contributed by atoms with van der Waals surface area (Å²) in [6.45, 7) is 6.76. The van der Waals surface area contributed by atoms with Crippen molar-refractivity contribution in [1.29, 1.82) is 0 Å². The molecule has 3 rings (SSSR count). The van der Waals surface area contributed by atoms with Gasteiger partial charge in [0, 0.05) is 10.9 Å². The molecule has 0 aromatic carbocycles. The summed E-state index contributed by atoms with van der Waals surface area (Å²) >= 11 is 1.75. The van der Waals surface area contributed by atoms with Gasteiger partial charge in [0.2, 0.25) is 5.91 Å². The van der Waals surface area contributed by atoms with E-state index >= 15 is 0 Å². The van der Waals surface area contributed by atoms with Gasteiger partial charge in [-0.15, -0.1) is 11.3 Å². The van der Waals surface area contributed by atoms with Crippen LogP contribution in [0.1, 0.15) is 57.5 Å². The number of hydrogen-bond acceptors (Lipinski definition) is 3. The minimum absolute atomic E-state index is 0.0125. The fraction of sp³-hybridized carbons (Fsp3) is 0.706. The van der Waals surface area contributed by atoms with E-state index in [1.165, 1.54) is 17.7 Å². The lowest BCUT2D eigenvalue weighted by atomic mass is 9.77. The Morgan fingerprint density at radius 3 is 2.86 bits per heavy atom. The van der Waals surface area contributed by atoms with Gasteiger partial charge >= 0.3 is 0 Å². The molecule has 1 saturated heterocycles. The van der Waals surface area contributed by atoms with Gasteiger partial charge in [-0.25, -0.2) is 0 Å². The lowest BCUT2D eigenvalue weighted by molar-refractivity contribution is -0.134. The highest BCUT2D eigenvalue weighted by Gasteiger charge is 2.45. The third-order valence-electron chi connectivity index (χ3n) is 5.43. The highest BCUT2D eigenvalue weighted by atomic mass is 32.1. The average Bonchev–Trinajstić information content (AvgIpc) is 3.10. The van der Waals surface area contributed by atoms with Gasteiger partial charge < -0.3 is 4.90 Å². The quantitative estimate of drug-likeness (QED) is 0.921. The van der Waals surface area contributed by atoms with Gasteiger partial charge in [0.15, 0.2) is 0 Å². The molecule has 2 aliphatic rings. The summed E-state index contributed by atoms with van der Waals surface area (Å²) in [5.41, 5.74) is 0. The Kier molecular flexibility index (Phi) is 4.36. The first kappa shape index (κ1) is 15.0. The maximum Gasteiger partial charge on any atom is 0.241 e. The molecule has 1 aromatic heterocycles. The number of thiophene rings is 1. The Labute approximate surface area is 131 Å². The van der Waals surface area contributed by atoms with Crippen LogP contribution >= 0.6 is 11.3 Å². The first-order valence-electron chi connectivity index (χ1n) is 8.25. The van der Waals surface area contributed by atoms with Crippen molar-refractivity contribution < 1.29 is 4.79 Å². The summed E-state index contributed by atoms with van der Waals surface area (Å²) in [6, 6.07) is 4.60. The molecule has 21 heavy (non-hydrogen) atoms. The number of carbonyl (C=O) groups is 1. The lowest BCUT2D eigenvalue weighted by Gasteiger charge is -2.42. The van der Waals surface area contributed by atoms with E-state index < -0.39 is 0 Å². The first-order valence-corrected chi connectivity index (χ1v) is 9.13. The van der Waals surface area contributed by atoms with Gasteiger partial charge in [-0.2, -0.15) is 0 Å². The summed E-state index contributed by atoms with van der Waals surface area (Å²) in [5, 5.41) is 5.67. The van der Waals surface area contributed by atoms with Crippen LogP contribution in [0.25, 0.3) is 0 Å². The second kappa shape index (κ2) is 6.09. The van der Waals surface area contributed by atoms with Crippen LogP contribution in [-0.2, 0) is 4.79 Å². The highest BCUT2D eigenvalue weighted by molar-refractivity contribution is 7.10. The normalized spacial score (nSPS) is 37.2. The van der Waals surface area contributed by atoms with Crippen molar-refractivity contribution in [3.05, 3.63) is 22.4 Å². The van der Waals surface area contributed by atoms with Crippen LogP contribution in [-0.4, -0.2) is 22.9 Å². The van der Waals surface area contributed by atoms with Crippen molar-refractivity contribution in [1.82, 2.24) is 10.2 Å². The Morgan fingerprint density at radius 2 is 2.19 bits per heavy atom. The van der Waals surface area contributed by atoms with E-state index in [-0.39, 0.29) is 12.2 Å². The number of rotatable bonds is 3. The summed E-state index contributed by atoms with van der Waals surface area (Å²) in [5.74, 6) is 1.60. The standard InChI is InChI=1S/C17H26N2OS/c1-4-13-17(20)19(14-8-5-7-11(2)12(14)3)16(18-13)15-9-6-10-21-15/h6,9-14,16,18H,4-5,7-8H2,1-3H3. The lowest BCUT2D eigenvalue weighted by Crippen LogP contribution is -2.47. The van der Waals surface area contributed by atoms with Crippen molar-refractivity contribution in [2.24, 2.45) is 11.8 Å². The molecule has 4 heteroatoms. The van der Waals surface area contributed by atoms with Crippen LogP contribution in [0.5, 0.6) is 0 Å². The number of amides is 1. The number of carbonyl (C=O) groups excluding carboxylic acids is 1. The van der Waals surface area contributed by atoms with E-state index in [1.807, 2.05) is 0 Å². The fourth-order valence-corrected chi connectivity index (χ4v) is 4.69. The third-order valence-corrected chi connectivity index (χ3v) is 6.36. The zero-order valence-electron chi connectivity index (χ0n) is 13.2. The molecule has 3 nitrogen and oxygen atoms in total. The largest absolute Gasteiger partial charge is 0.317 e. The summed E-state index contributed by atoms with van der Waals surface area (Å²) in [6.07, 6.45) is 4.65. The summed E-state index contributed by atoms with van der Waals surface area (Å²) in [7, 11) is 0. The first-order chi connectivity index (χ1) is 10.1.